The zero-order chi connectivity index (χ0) is 6.57. The Morgan fingerprint density at radius 3 is 2.25 bits per heavy atom. The fourth-order valence-corrected chi connectivity index (χ4v) is 0.287. The summed E-state index contributed by atoms with van der Waals surface area (Å²) in [5.41, 5.74) is 4.81. The Labute approximate surface area is 49.4 Å². The number of carbonyl (C=O) groups is 1. The molecule has 2 N–H and O–H groups in total. The van der Waals surface area contributed by atoms with Gasteiger partial charge in [0.1, 0.15) is 0 Å². The summed E-state index contributed by atoms with van der Waals surface area (Å²) in [7, 11) is 0. The van der Waals surface area contributed by atoms with Gasteiger partial charge in [-0.1, -0.05) is 19.9 Å². The third-order valence-electron chi connectivity index (χ3n) is 0.645. The molecule has 0 radical (unpaired) electrons. The third-order valence-corrected chi connectivity index (χ3v) is 0.645. The van der Waals surface area contributed by atoms with Crippen molar-refractivity contribution >= 4 is 5.91 Å². The first-order valence-corrected chi connectivity index (χ1v) is 2.60. The SMILES string of the molecule is CC(C)/C=C/C(N)=O. The van der Waals surface area contributed by atoms with E-state index in [1.165, 1.54) is 6.08 Å². The van der Waals surface area contributed by atoms with Gasteiger partial charge >= 0.3 is 0 Å². The number of amides is 1. The molecule has 0 saturated carbocycles. The summed E-state index contributed by atoms with van der Waals surface area (Å²) in [5.74, 6) is 0.0289. The number of hydrogen-bond donors (Lipinski definition) is 1. The van der Waals surface area contributed by atoms with Gasteiger partial charge in [0.05, 0.1) is 0 Å². The van der Waals surface area contributed by atoms with E-state index in [0.29, 0.717) is 5.92 Å². The Balaban J connectivity index is 3.50. The molecule has 0 atom stereocenters. The van der Waals surface area contributed by atoms with E-state index in [1.54, 1.807) is 6.08 Å². The maximum atomic E-state index is 10.0. The van der Waals surface area contributed by atoms with Crippen molar-refractivity contribution in [3.63, 3.8) is 0 Å². The molecular weight excluding hydrogens is 102 g/mol. The third kappa shape index (κ3) is 5.21. The smallest absolute Gasteiger partial charge is 0.241 e. The van der Waals surface area contributed by atoms with Crippen molar-refractivity contribution in [3.05, 3.63) is 12.2 Å². The molecule has 0 aromatic carbocycles. The number of rotatable bonds is 2. The Bertz CT molecular complexity index is 105. The molecule has 0 saturated heterocycles. The molecule has 0 aromatic rings. The summed E-state index contributed by atoms with van der Waals surface area (Å²) in [6.07, 6.45) is 3.15. The zero-order valence-corrected chi connectivity index (χ0v) is 5.22. The van der Waals surface area contributed by atoms with E-state index in [0.717, 1.165) is 0 Å². The Morgan fingerprint density at radius 2 is 2.12 bits per heavy atom. The molecule has 2 heteroatoms. The minimum absolute atomic E-state index is 0.376. The first-order chi connectivity index (χ1) is 3.63. The summed E-state index contributed by atoms with van der Waals surface area (Å²) in [4.78, 5) is 10.0. The van der Waals surface area contributed by atoms with E-state index in [1.807, 2.05) is 13.8 Å². The van der Waals surface area contributed by atoms with Gasteiger partial charge in [0, 0.05) is 0 Å². The van der Waals surface area contributed by atoms with E-state index < -0.39 is 0 Å². The van der Waals surface area contributed by atoms with Crippen molar-refractivity contribution in [1.29, 1.82) is 0 Å². The van der Waals surface area contributed by atoms with Crippen LogP contribution in [0.15, 0.2) is 12.2 Å². The summed E-state index contributed by atoms with van der Waals surface area (Å²) < 4.78 is 0. The van der Waals surface area contributed by atoms with Gasteiger partial charge in [-0.3, -0.25) is 4.79 Å². The van der Waals surface area contributed by atoms with E-state index in [-0.39, 0.29) is 5.91 Å². The first-order valence-electron chi connectivity index (χ1n) is 2.60. The molecule has 0 aliphatic rings. The highest BCUT2D eigenvalue weighted by Gasteiger charge is 1.84. The lowest BCUT2D eigenvalue weighted by atomic mass is 10.2. The number of carbonyl (C=O) groups excluding carboxylic acids is 1. The quantitative estimate of drug-likeness (QED) is 0.526. The van der Waals surface area contributed by atoms with Crippen molar-refractivity contribution in [3.8, 4) is 0 Å². The lowest BCUT2D eigenvalue weighted by molar-refractivity contribution is -0.113. The van der Waals surface area contributed by atoms with Crippen LogP contribution in [0.25, 0.3) is 0 Å². The maximum absolute atomic E-state index is 10.0. The molecule has 46 valence electrons. The summed E-state index contributed by atoms with van der Waals surface area (Å²) in [6, 6.07) is 0. The van der Waals surface area contributed by atoms with Crippen molar-refractivity contribution in [2.24, 2.45) is 11.7 Å². The van der Waals surface area contributed by atoms with Crippen LogP contribution in [0.5, 0.6) is 0 Å². The number of primary amides is 1. The maximum Gasteiger partial charge on any atom is 0.241 e. The molecule has 2 nitrogen and oxygen atoms in total. The zero-order valence-electron chi connectivity index (χ0n) is 5.22. The predicted octanol–water partition coefficient (Wildman–Crippen LogP) is 0.684. The number of allylic oxidation sites excluding steroid dienone is 1. The second kappa shape index (κ2) is 3.24. The molecule has 0 heterocycles. The van der Waals surface area contributed by atoms with E-state index in [4.69, 9.17) is 5.73 Å². The molecule has 0 unspecified atom stereocenters. The van der Waals surface area contributed by atoms with Gasteiger partial charge in [-0.15, -0.1) is 0 Å². The molecule has 0 bridgehead atoms. The lowest BCUT2D eigenvalue weighted by Crippen LogP contribution is -2.05. The van der Waals surface area contributed by atoms with Crippen molar-refractivity contribution in [1.82, 2.24) is 0 Å². The van der Waals surface area contributed by atoms with E-state index in [9.17, 15) is 4.79 Å². The Kier molecular flexibility index (Phi) is 2.92. The molecule has 0 spiro atoms. The van der Waals surface area contributed by atoms with Gasteiger partial charge in [0.15, 0.2) is 0 Å². The molecule has 0 aliphatic carbocycles. The van der Waals surface area contributed by atoms with Crippen LogP contribution in [0.4, 0.5) is 0 Å². The first kappa shape index (κ1) is 7.21. The summed E-state index contributed by atoms with van der Waals surface area (Å²) in [6.45, 7) is 3.97. The normalized spacial score (nSPS) is 10.9. The Morgan fingerprint density at radius 1 is 1.62 bits per heavy atom. The topological polar surface area (TPSA) is 43.1 Å². The summed E-state index contributed by atoms with van der Waals surface area (Å²) in [5, 5.41) is 0. The second-order valence-electron chi connectivity index (χ2n) is 2.01. The highest BCUT2D eigenvalue weighted by atomic mass is 16.1. The number of nitrogens with two attached hydrogens (primary N) is 1. The molecule has 8 heavy (non-hydrogen) atoms. The van der Waals surface area contributed by atoms with Gasteiger partial charge < -0.3 is 5.73 Å². The largest absolute Gasteiger partial charge is 0.366 e. The monoisotopic (exact) mass is 113 g/mol. The highest BCUT2D eigenvalue weighted by molar-refractivity contribution is 5.85. The van der Waals surface area contributed by atoms with Crippen LogP contribution in [0, 0.1) is 5.92 Å². The second-order valence-corrected chi connectivity index (χ2v) is 2.01. The lowest BCUT2D eigenvalue weighted by Gasteiger charge is -1.88. The van der Waals surface area contributed by atoms with Gasteiger partial charge in [0.25, 0.3) is 0 Å². The standard InChI is InChI=1S/C6H11NO/c1-5(2)3-4-6(7)8/h3-5H,1-2H3,(H2,7,8)/b4-3+. The predicted molar refractivity (Wildman–Crippen MR) is 33.2 cm³/mol. The highest BCUT2D eigenvalue weighted by Crippen LogP contribution is 1.91. The average Bonchev–Trinajstić information content (AvgIpc) is 1.61. The molecule has 0 fully saturated rings. The van der Waals surface area contributed by atoms with Crippen LogP contribution < -0.4 is 5.73 Å². The van der Waals surface area contributed by atoms with Crippen molar-refractivity contribution in [2.45, 2.75) is 13.8 Å². The molecule has 0 rings (SSSR count). The molecular formula is C6H11NO. The van der Waals surface area contributed by atoms with Crippen LogP contribution in [0.3, 0.4) is 0 Å². The Hall–Kier alpha value is -0.790. The van der Waals surface area contributed by atoms with Gasteiger partial charge in [-0.2, -0.15) is 0 Å². The average molecular weight is 113 g/mol. The van der Waals surface area contributed by atoms with E-state index >= 15 is 0 Å². The minimum atomic E-state index is -0.376. The fraction of sp³-hybridized carbons (Fsp3) is 0.500. The van der Waals surface area contributed by atoms with Crippen LogP contribution in [0.1, 0.15) is 13.8 Å². The molecule has 1 amide bonds. The summed E-state index contributed by atoms with van der Waals surface area (Å²) >= 11 is 0. The van der Waals surface area contributed by atoms with Gasteiger partial charge in [-0.25, -0.2) is 0 Å². The van der Waals surface area contributed by atoms with Crippen molar-refractivity contribution in [2.75, 3.05) is 0 Å². The van der Waals surface area contributed by atoms with Crippen molar-refractivity contribution < 1.29 is 4.79 Å². The van der Waals surface area contributed by atoms with Crippen LogP contribution in [-0.2, 0) is 4.79 Å². The molecule has 0 aromatic heterocycles. The van der Waals surface area contributed by atoms with Crippen LogP contribution in [-0.4, -0.2) is 5.91 Å². The fourth-order valence-electron chi connectivity index (χ4n) is 0.287. The van der Waals surface area contributed by atoms with Crippen LogP contribution in [0.2, 0.25) is 0 Å². The number of hydrogen-bond acceptors (Lipinski definition) is 1. The van der Waals surface area contributed by atoms with Gasteiger partial charge in [0.2, 0.25) is 5.91 Å². The van der Waals surface area contributed by atoms with Gasteiger partial charge in [-0.05, 0) is 12.0 Å². The molecule has 0 aliphatic heterocycles. The minimum Gasteiger partial charge on any atom is -0.366 e. The van der Waals surface area contributed by atoms with E-state index in [2.05, 4.69) is 0 Å². The van der Waals surface area contributed by atoms with Crippen LogP contribution >= 0.6 is 0 Å².